The molecule has 0 amide bonds. The minimum atomic E-state index is -0.109. The van der Waals surface area contributed by atoms with Gasteiger partial charge in [-0.3, -0.25) is 9.80 Å². The van der Waals surface area contributed by atoms with Gasteiger partial charge in [0, 0.05) is 5.79 Å². The van der Waals surface area contributed by atoms with Crippen LogP contribution in [0.5, 0.6) is 0 Å². The van der Waals surface area contributed by atoms with Crippen LogP contribution in [-0.4, -0.2) is 53.3 Å². The van der Waals surface area contributed by atoms with Crippen molar-refractivity contribution in [3.05, 3.63) is 11.8 Å². The van der Waals surface area contributed by atoms with Gasteiger partial charge < -0.3 is 0 Å². The van der Waals surface area contributed by atoms with Crippen molar-refractivity contribution in [1.82, 2.24) is 9.80 Å². The van der Waals surface area contributed by atoms with Gasteiger partial charge in [0.2, 0.25) is 0 Å². The Balaban J connectivity index is 3.88. The molecule has 0 saturated heterocycles. The highest BCUT2D eigenvalue weighted by atomic mass is 28.2. The summed E-state index contributed by atoms with van der Waals surface area (Å²) < 4.78 is 0. The third kappa shape index (κ3) is 4.69. The zero-order valence-electron chi connectivity index (χ0n) is 9.04. The van der Waals surface area contributed by atoms with Crippen molar-refractivity contribution < 1.29 is 0 Å². The van der Waals surface area contributed by atoms with Gasteiger partial charge in [0.1, 0.15) is 0 Å². The van der Waals surface area contributed by atoms with Gasteiger partial charge in [0.05, 0.1) is 9.52 Å². The number of hydrogen-bond acceptors (Lipinski definition) is 2. The molecule has 0 aliphatic heterocycles. The van der Waals surface area contributed by atoms with E-state index in [9.17, 15) is 0 Å². The van der Waals surface area contributed by atoms with Gasteiger partial charge >= 0.3 is 0 Å². The lowest BCUT2D eigenvalue weighted by atomic mass is 10.5. The maximum Gasteiger partial charge on any atom is 0.0826 e. The Bertz CT molecular complexity index is 124. The first-order valence-corrected chi connectivity index (χ1v) is 6.20. The van der Waals surface area contributed by atoms with Crippen molar-refractivity contribution >= 4 is 9.52 Å². The van der Waals surface area contributed by atoms with Crippen molar-refractivity contribution in [2.75, 3.05) is 28.2 Å². The minimum absolute atomic E-state index is 0.109. The summed E-state index contributed by atoms with van der Waals surface area (Å²) in [6.45, 7) is 2.19. The van der Waals surface area contributed by atoms with Gasteiger partial charge in [0.25, 0.3) is 0 Å². The molecule has 0 atom stereocenters. The van der Waals surface area contributed by atoms with Crippen LogP contribution >= 0.6 is 0 Å². The summed E-state index contributed by atoms with van der Waals surface area (Å²) in [5.74, 6) is 0.660. The lowest BCUT2D eigenvalue weighted by Gasteiger charge is -2.29. The highest BCUT2D eigenvalue weighted by Crippen LogP contribution is 1.95. The normalized spacial score (nSPS) is 13.7. The molecule has 0 aromatic heterocycles. The smallest absolute Gasteiger partial charge is 0.0826 e. The molecule has 0 N–H and O–H groups in total. The summed E-state index contributed by atoms with van der Waals surface area (Å²) in [6, 6.07) is 0. The second-order valence-corrected chi connectivity index (χ2v) is 5.20. The van der Waals surface area contributed by atoms with Crippen molar-refractivity contribution in [1.29, 1.82) is 0 Å². The molecule has 2 nitrogen and oxygen atoms in total. The maximum absolute atomic E-state index is 2.39. The van der Waals surface area contributed by atoms with Crippen LogP contribution in [-0.2, 0) is 0 Å². The molecular weight excluding hydrogens is 164 g/mol. The van der Waals surface area contributed by atoms with Crippen molar-refractivity contribution in [3.8, 4) is 0 Å². The van der Waals surface area contributed by atoms with Crippen LogP contribution in [0.1, 0.15) is 13.3 Å². The summed E-state index contributed by atoms with van der Waals surface area (Å²) in [6.07, 6.45) is 3.45. The largest absolute Gasteiger partial charge is 0.297 e. The summed E-state index contributed by atoms with van der Waals surface area (Å²) in [4.78, 5) is 4.60. The third-order valence-electron chi connectivity index (χ3n) is 1.94. The van der Waals surface area contributed by atoms with Gasteiger partial charge in [0.15, 0.2) is 0 Å². The summed E-state index contributed by atoms with van der Waals surface area (Å²) >= 11 is 0. The first kappa shape index (κ1) is 11.9. The predicted molar refractivity (Wildman–Crippen MR) is 59.1 cm³/mol. The summed E-state index contributed by atoms with van der Waals surface area (Å²) in [7, 11) is 8.49. The SMILES string of the molecule is CCC=C[SiH2]C(N(C)C)N(C)C. The highest BCUT2D eigenvalue weighted by molar-refractivity contribution is 6.43. The number of allylic oxidation sites excluding steroid dienone is 1. The van der Waals surface area contributed by atoms with E-state index in [1.54, 1.807) is 0 Å². The molecule has 0 bridgehead atoms. The Hall–Kier alpha value is -0.123. The van der Waals surface area contributed by atoms with Crippen LogP contribution in [0.2, 0.25) is 0 Å². The van der Waals surface area contributed by atoms with E-state index < -0.39 is 0 Å². The van der Waals surface area contributed by atoms with Gasteiger partial charge in [-0.05, 0) is 34.6 Å². The molecule has 0 aromatic carbocycles. The van der Waals surface area contributed by atoms with Crippen molar-refractivity contribution in [2.45, 2.75) is 19.1 Å². The Morgan fingerprint density at radius 3 is 2.00 bits per heavy atom. The van der Waals surface area contributed by atoms with Crippen molar-refractivity contribution in [3.63, 3.8) is 0 Å². The quantitative estimate of drug-likeness (QED) is 0.455. The first-order valence-electron chi connectivity index (χ1n) is 4.57. The second-order valence-electron chi connectivity index (χ2n) is 3.52. The highest BCUT2D eigenvalue weighted by Gasteiger charge is 2.10. The third-order valence-corrected chi connectivity index (χ3v) is 4.43. The van der Waals surface area contributed by atoms with E-state index >= 15 is 0 Å². The van der Waals surface area contributed by atoms with E-state index in [4.69, 9.17) is 0 Å². The first-order chi connectivity index (χ1) is 5.59. The molecule has 12 heavy (non-hydrogen) atoms. The molecule has 0 fully saturated rings. The van der Waals surface area contributed by atoms with E-state index in [1.165, 1.54) is 6.42 Å². The van der Waals surface area contributed by atoms with Crippen LogP contribution in [0, 0.1) is 0 Å². The number of rotatable bonds is 5. The van der Waals surface area contributed by atoms with Gasteiger partial charge in [-0.25, -0.2) is 0 Å². The average molecular weight is 186 g/mol. The molecule has 0 saturated carbocycles. The van der Waals surface area contributed by atoms with E-state index in [0.29, 0.717) is 5.79 Å². The molecular formula is C9H22N2Si. The van der Waals surface area contributed by atoms with Gasteiger partial charge in [-0.15, -0.1) is 5.70 Å². The maximum atomic E-state index is 2.39. The monoisotopic (exact) mass is 186 g/mol. The molecule has 3 heteroatoms. The number of nitrogens with zero attached hydrogens (tertiary/aromatic N) is 2. The molecule has 0 rings (SSSR count). The van der Waals surface area contributed by atoms with Crippen LogP contribution < -0.4 is 0 Å². The topological polar surface area (TPSA) is 6.48 Å². The summed E-state index contributed by atoms with van der Waals surface area (Å²) in [5, 5.41) is 0. The molecule has 0 aromatic rings. The predicted octanol–water partition coefficient (Wildman–Crippen LogP) is 0.486. The van der Waals surface area contributed by atoms with Crippen LogP contribution in [0.3, 0.4) is 0 Å². The van der Waals surface area contributed by atoms with Crippen LogP contribution in [0.25, 0.3) is 0 Å². The number of hydrogen-bond donors (Lipinski definition) is 0. The minimum Gasteiger partial charge on any atom is -0.297 e. The van der Waals surface area contributed by atoms with E-state index in [1.807, 2.05) is 0 Å². The Kier molecular flexibility index (Phi) is 6.33. The fourth-order valence-corrected chi connectivity index (χ4v) is 2.88. The van der Waals surface area contributed by atoms with Crippen LogP contribution in [0.15, 0.2) is 11.8 Å². The summed E-state index contributed by atoms with van der Waals surface area (Å²) in [5.41, 5.74) is 2.39. The van der Waals surface area contributed by atoms with Gasteiger partial charge in [-0.1, -0.05) is 13.0 Å². The lowest BCUT2D eigenvalue weighted by Crippen LogP contribution is -2.44. The molecule has 0 unspecified atom stereocenters. The Morgan fingerprint density at radius 1 is 1.17 bits per heavy atom. The Morgan fingerprint density at radius 2 is 1.67 bits per heavy atom. The average Bonchev–Trinajstić information content (AvgIpc) is 1.96. The molecule has 0 spiro atoms. The molecule has 0 aliphatic rings. The van der Waals surface area contributed by atoms with E-state index in [2.05, 4.69) is 56.7 Å². The van der Waals surface area contributed by atoms with Crippen LogP contribution in [0.4, 0.5) is 0 Å². The molecule has 0 radical (unpaired) electrons. The van der Waals surface area contributed by atoms with E-state index in [-0.39, 0.29) is 9.52 Å². The van der Waals surface area contributed by atoms with Crippen molar-refractivity contribution in [2.24, 2.45) is 0 Å². The fraction of sp³-hybridized carbons (Fsp3) is 0.778. The van der Waals surface area contributed by atoms with Gasteiger partial charge in [-0.2, -0.15) is 0 Å². The zero-order valence-corrected chi connectivity index (χ0v) is 10.5. The van der Waals surface area contributed by atoms with E-state index in [0.717, 1.165) is 0 Å². The molecule has 0 heterocycles. The Labute approximate surface area is 79.1 Å². The molecule has 72 valence electrons. The second kappa shape index (κ2) is 6.40. The zero-order chi connectivity index (χ0) is 9.56. The molecule has 0 aliphatic carbocycles. The fourth-order valence-electron chi connectivity index (χ4n) is 1.27. The lowest BCUT2D eigenvalue weighted by molar-refractivity contribution is 0.202. The standard InChI is InChI=1S/C9H22N2Si/c1-6-7-8-12-9(10(2)3)11(4)5/h7-9H,6,12H2,1-5H3.